The van der Waals surface area contributed by atoms with Gasteiger partial charge in [0.05, 0.1) is 12.5 Å². The van der Waals surface area contributed by atoms with Gasteiger partial charge in [0.15, 0.2) is 0 Å². The molecule has 126 valence electrons. The van der Waals surface area contributed by atoms with E-state index in [9.17, 15) is 18.0 Å². The maximum absolute atomic E-state index is 13.3. The van der Waals surface area contributed by atoms with Crippen LogP contribution in [0.15, 0.2) is 18.2 Å². The highest BCUT2D eigenvalue weighted by molar-refractivity contribution is 5.94. The van der Waals surface area contributed by atoms with Gasteiger partial charge in [0, 0.05) is 30.6 Å². The van der Waals surface area contributed by atoms with Crippen molar-refractivity contribution in [3.63, 3.8) is 0 Å². The van der Waals surface area contributed by atoms with Gasteiger partial charge in [-0.25, -0.2) is 0 Å². The molecule has 0 unspecified atom stereocenters. The minimum atomic E-state index is -4.24. The molecular formula is C16H19F3N2O2. The van der Waals surface area contributed by atoms with Crippen LogP contribution in [0.3, 0.4) is 0 Å². The summed E-state index contributed by atoms with van der Waals surface area (Å²) in [6.45, 7) is 2.09. The molecule has 2 aliphatic rings. The van der Waals surface area contributed by atoms with Gasteiger partial charge in [0.25, 0.3) is 5.91 Å². The van der Waals surface area contributed by atoms with E-state index in [1.165, 1.54) is 7.11 Å². The average molecular weight is 328 g/mol. The number of hydrogen-bond donors (Lipinski definition) is 2. The number of alkyl halides is 3. The first-order valence-electron chi connectivity index (χ1n) is 7.45. The highest BCUT2D eigenvalue weighted by atomic mass is 19.4. The van der Waals surface area contributed by atoms with Crippen LogP contribution in [0.5, 0.6) is 5.75 Å². The molecule has 2 atom stereocenters. The van der Waals surface area contributed by atoms with Crippen LogP contribution in [0.25, 0.3) is 0 Å². The van der Waals surface area contributed by atoms with E-state index in [0.29, 0.717) is 11.3 Å². The maximum atomic E-state index is 13.3. The summed E-state index contributed by atoms with van der Waals surface area (Å²) >= 11 is 0. The Morgan fingerprint density at radius 3 is 2.74 bits per heavy atom. The fraction of sp³-hybridized carbons (Fsp3) is 0.562. The van der Waals surface area contributed by atoms with Crippen molar-refractivity contribution >= 4 is 5.91 Å². The molecule has 0 aromatic heterocycles. The summed E-state index contributed by atoms with van der Waals surface area (Å²) in [6, 6.07) is 4.99. The minimum Gasteiger partial charge on any atom is -0.496 e. The van der Waals surface area contributed by atoms with Crippen LogP contribution in [0, 0.1) is 17.8 Å². The molecule has 1 aliphatic carbocycles. The number of aryl methyl sites for hydroxylation is 1. The van der Waals surface area contributed by atoms with Crippen molar-refractivity contribution in [3.05, 3.63) is 29.3 Å². The van der Waals surface area contributed by atoms with E-state index in [2.05, 4.69) is 10.6 Å². The first kappa shape index (κ1) is 16.1. The Bertz CT molecular complexity index is 647. The number of carbonyl (C=O) groups is 1. The highest BCUT2D eigenvalue weighted by Gasteiger charge is 2.81. The van der Waals surface area contributed by atoms with Crippen molar-refractivity contribution < 1.29 is 22.7 Å². The molecule has 1 aromatic rings. The largest absolute Gasteiger partial charge is 0.496 e. The predicted octanol–water partition coefficient (Wildman–Crippen LogP) is 2.28. The third kappa shape index (κ3) is 2.38. The Morgan fingerprint density at radius 2 is 2.13 bits per heavy atom. The third-order valence-electron chi connectivity index (χ3n) is 5.22. The fourth-order valence-corrected chi connectivity index (χ4v) is 3.64. The van der Waals surface area contributed by atoms with E-state index in [4.69, 9.17) is 4.74 Å². The summed E-state index contributed by atoms with van der Waals surface area (Å²) in [4.78, 5) is 12.2. The number of benzene rings is 1. The van der Waals surface area contributed by atoms with Gasteiger partial charge in [-0.15, -0.1) is 0 Å². The van der Waals surface area contributed by atoms with Crippen molar-refractivity contribution in [2.75, 3.05) is 26.7 Å². The van der Waals surface area contributed by atoms with Gasteiger partial charge in [0.2, 0.25) is 0 Å². The topological polar surface area (TPSA) is 50.4 Å². The molecule has 1 amide bonds. The molecule has 2 N–H and O–H groups in total. The summed E-state index contributed by atoms with van der Waals surface area (Å²) in [7, 11) is 1.51. The number of nitrogens with one attached hydrogen (secondary N) is 2. The number of hydrogen-bond acceptors (Lipinski definition) is 3. The number of carbonyl (C=O) groups excluding carboxylic acids is 1. The van der Waals surface area contributed by atoms with E-state index in [1.54, 1.807) is 18.2 Å². The summed E-state index contributed by atoms with van der Waals surface area (Å²) in [5, 5.41) is 5.46. The minimum absolute atomic E-state index is 0.0224. The number of rotatable bonds is 4. The summed E-state index contributed by atoms with van der Waals surface area (Å²) in [6.07, 6.45) is -4.16. The van der Waals surface area contributed by atoms with Crippen LogP contribution in [-0.4, -0.2) is 38.8 Å². The summed E-state index contributed by atoms with van der Waals surface area (Å²) < 4.78 is 44.9. The molecule has 0 bridgehead atoms. The van der Waals surface area contributed by atoms with Crippen molar-refractivity contribution in [1.82, 2.24) is 10.6 Å². The molecule has 1 heterocycles. The maximum Gasteiger partial charge on any atom is 0.396 e. The molecule has 4 nitrogen and oxygen atoms in total. The fourth-order valence-electron chi connectivity index (χ4n) is 3.64. The SMILES string of the molecule is COc1cc(C(=O)NC[C@@]23CNC[C@]2(C(F)(F)F)C3)ccc1C. The van der Waals surface area contributed by atoms with Crippen molar-refractivity contribution in [2.45, 2.75) is 19.5 Å². The first-order chi connectivity index (χ1) is 10.7. The molecule has 0 spiro atoms. The smallest absolute Gasteiger partial charge is 0.396 e. The lowest BCUT2D eigenvalue weighted by Crippen LogP contribution is -2.37. The van der Waals surface area contributed by atoms with Crippen molar-refractivity contribution in [2.24, 2.45) is 10.8 Å². The van der Waals surface area contributed by atoms with Crippen LogP contribution >= 0.6 is 0 Å². The Morgan fingerprint density at radius 1 is 1.39 bits per heavy atom. The van der Waals surface area contributed by atoms with Crippen LogP contribution in [0.4, 0.5) is 13.2 Å². The van der Waals surface area contributed by atoms with Gasteiger partial charge >= 0.3 is 6.18 Å². The van der Waals surface area contributed by atoms with E-state index in [-0.39, 0.29) is 32.0 Å². The molecule has 23 heavy (non-hydrogen) atoms. The van der Waals surface area contributed by atoms with Gasteiger partial charge in [0.1, 0.15) is 5.75 Å². The molecular weight excluding hydrogens is 309 g/mol. The van der Waals surface area contributed by atoms with Crippen LogP contribution in [-0.2, 0) is 0 Å². The Hall–Kier alpha value is -1.76. The number of piperidine rings is 1. The second kappa shape index (κ2) is 5.12. The van der Waals surface area contributed by atoms with Gasteiger partial charge < -0.3 is 15.4 Å². The molecule has 3 rings (SSSR count). The number of fused-ring (bicyclic) bond motifs is 1. The number of ether oxygens (including phenoxy) is 1. The van der Waals surface area contributed by atoms with E-state index >= 15 is 0 Å². The van der Waals surface area contributed by atoms with E-state index in [0.717, 1.165) is 5.56 Å². The summed E-state index contributed by atoms with van der Waals surface area (Å²) in [5.41, 5.74) is -1.32. The normalized spacial score (nSPS) is 29.1. The molecule has 1 aliphatic heterocycles. The molecule has 1 aromatic carbocycles. The Kier molecular flexibility index (Phi) is 3.59. The number of methoxy groups -OCH3 is 1. The molecule has 0 radical (unpaired) electrons. The van der Waals surface area contributed by atoms with Gasteiger partial charge in [-0.3, -0.25) is 4.79 Å². The standard InChI is InChI=1S/C16H19F3N2O2/c1-10-3-4-11(5-12(10)23-2)13(22)21-8-14-6-15(14,9-20-7-14)16(17,18)19/h3-5,20H,6-9H2,1-2H3,(H,21,22)/t14-,15-/m1/s1. The average Bonchev–Trinajstić information content (AvgIpc) is 3.02. The lowest BCUT2D eigenvalue weighted by atomic mass is 9.95. The zero-order valence-electron chi connectivity index (χ0n) is 13.0. The monoisotopic (exact) mass is 328 g/mol. The Balaban J connectivity index is 1.69. The van der Waals surface area contributed by atoms with E-state index in [1.807, 2.05) is 6.92 Å². The quantitative estimate of drug-likeness (QED) is 0.891. The predicted molar refractivity (Wildman–Crippen MR) is 78.5 cm³/mol. The molecule has 1 saturated heterocycles. The lowest BCUT2D eigenvalue weighted by molar-refractivity contribution is -0.190. The van der Waals surface area contributed by atoms with Gasteiger partial charge in [-0.05, 0) is 31.0 Å². The molecule has 2 fully saturated rings. The van der Waals surface area contributed by atoms with Crippen LogP contribution in [0.2, 0.25) is 0 Å². The van der Waals surface area contributed by atoms with Crippen molar-refractivity contribution in [1.29, 1.82) is 0 Å². The lowest BCUT2D eigenvalue weighted by Gasteiger charge is -2.21. The van der Waals surface area contributed by atoms with Crippen LogP contribution in [0.1, 0.15) is 22.3 Å². The highest BCUT2D eigenvalue weighted by Crippen LogP contribution is 2.72. The number of amides is 1. The third-order valence-corrected chi connectivity index (χ3v) is 5.22. The zero-order chi connectivity index (χ0) is 16.9. The van der Waals surface area contributed by atoms with Gasteiger partial charge in [-0.2, -0.15) is 13.2 Å². The summed E-state index contributed by atoms with van der Waals surface area (Å²) in [5.74, 6) is 0.196. The first-order valence-corrected chi connectivity index (χ1v) is 7.45. The van der Waals surface area contributed by atoms with Crippen molar-refractivity contribution in [3.8, 4) is 5.75 Å². The molecule has 1 saturated carbocycles. The molecule has 7 heteroatoms. The second-order valence-electron chi connectivity index (χ2n) is 6.51. The van der Waals surface area contributed by atoms with Gasteiger partial charge in [-0.1, -0.05) is 6.07 Å². The zero-order valence-corrected chi connectivity index (χ0v) is 13.0. The van der Waals surface area contributed by atoms with E-state index < -0.39 is 17.0 Å². The number of halogens is 3. The second-order valence-corrected chi connectivity index (χ2v) is 6.51. The van der Waals surface area contributed by atoms with Crippen LogP contribution < -0.4 is 15.4 Å². The Labute approximate surface area is 132 Å².